The van der Waals surface area contributed by atoms with Gasteiger partial charge in [-0.15, -0.1) is 0 Å². The van der Waals surface area contributed by atoms with Crippen LogP contribution in [0.3, 0.4) is 0 Å². The molecular weight excluding hydrogens is 230 g/mol. The number of aliphatic hydroxyl groups excluding tert-OH is 1. The molecule has 1 saturated heterocycles. The Labute approximate surface area is 97.4 Å². The van der Waals surface area contributed by atoms with Crippen molar-refractivity contribution in [2.24, 2.45) is 0 Å². The molecule has 0 aliphatic carbocycles. The van der Waals surface area contributed by atoms with Gasteiger partial charge >= 0.3 is 0 Å². The number of ether oxygens (including phenoxy) is 1. The summed E-state index contributed by atoms with van der Waals surface area (Å²) in [6.07, 6.45) is -0.433. The van der Waals surface area contributed by atoms with Gasteiger partial charge in [0.05, 0.1) is 23.6 Å². The largest absolute Gasteiger partial charge is 0.394 e. The predicted octanol–water partition coefficient (Wildman–Crippen LogP) is 0.196. The molecule has 0 aromatic rings. The van der Waals surface area contributed by atoms with E-state index in [2.05, 4.69) is 0 Å². The second-order valence-corrected chi connectivity index (χ2v) is 7.56. The van der Waals surface area contributed by atoms with Crippen LogP contribution in [0.25, 0.3) is 0 Å². The van der Waals surface area contributed by atoms with Crippen molar-refractivity contribution in [3.05, 3.63) is 0 Å². The van der Waals surface area contributed by atoms with Crippen LogP contribution >= 0.6 is 0 Å². The quantitative estimate of drug-likeness (QED) is 0.778. The average Bonchev–Trinajstić information content (AvgIpc) is 2.14. The van der Waals surface area contributed by atoms with E-state index >= 15 is 0 Å². The lowest BCUT2D eigenvalue weighted by Gasteiger charge is -2.42. The van der Waals surface area contributed by atoms with E-state index in [1.807, 2.05) is 13.8 Å². The van der Waals surface area contributed by atoms with E-state index in [0.29, 0.717) is 6.54 Å². The minimum atomic E-state index is -3.27. The topological polar surface area (TPSA) is 66.8 Å². The lowest BCUT2D eigenvalue weighted by atomic mass is 10.1. The van der Waals surface area contributed by atoms with Crippen molar-refractivity contribution in [3.63, 3.8) is 0 Å². The number of rotatable bonds is 3. The summed E-state index contributed by atoms with van der Waals surface area (Å²) in [5.41, 5.74) is -0.548. The zero-order valence-corrected chi connectivity index (χ0v) is 11.1. The van der Waals surface area contributed by atoms with Crippen LogP contribution < -0.4 is 0 Å². The Bertz CT molecular complexity index is 337. The smallest absolute Gasteiger partial charge is 0.216 e. The maximum atomic E-state index is 12.0. The first kappa shape index (κ1) is 13.9. The van der Waals surface area contributed by atoms with Gasteiger partial charge in [-0.3, -0.25) is 0 Å². The van der Waals surface area contributed by atoms with Crippen LogP contribution in [0.5, 0.6) is 0 Å². The minimum Gasteiger partial charge on any atom is -0.394 e. The third-order valence-corrected chi connectivity index (χ3v) is 4.80. The summed E-state index contributed by atoms with van der Waals surface area (Å²) in [5.74, 6) is 0. The Morgan fingerprint density at radius 2 is 2.06 bits per heavy atom. The normalized spacial score (nSPS) is 27.2. The van der Waals surface area contributed by atoms with E-state index in [0.717, 1.165) is 0 Å². The fourth-order valence-electron chi connectivity index (χ4n) is 1.83. The highest BCUT2D eigenvalue weighted by Gasteiger charge is 2.39. The summed E-state index contributed by atoms with van der Waals surface area (Å²) in [6, 6.07) is 0. The van der Waals surface area contributed by atoms with E-state index in [9.17, 15) is 8.42 Å². The molecule has 16 heavy (non-hydrogen) atoms. The summed E-state index contributed by atoms with van der Waals surface area (Å²) >= 11 is 0. The van der Waals surface area contributed by atoms with Crippen LogP contribution in [0.4, 0.5) is 0 Å². The summed E-state index contributed by atoms with van der Waals surface area (Å²) in [7, 11) is -3.27. The predicted molar refractivity (Wildman–Crippen MR) is 61.7 cm³/mol. The molecule has 1 heterocycles. The zero-order valence-electron chi connectivity index (χ0n) is 10.3. The molecule has 1 atom stereocenters. The van der Waals surface area contributed by atoms with Gasteiger partial charge in [0.1, 0.15) is 0 Å². The molecule has 0 saturated carbocycles. The highest BCUT2D eigenvalue weighted by atomic mass is 32.2. The number of hydrogen-bond donors (Lipinski definition) is 1. The Balaban J connectivity index is 2.90. The fraction of sp³-hybridized carbons (Fsp3) is 1.00. The Morgan fingerprint density at radius 3 is 2.50 bits per heavy atom. The third kappa shape index (κ3) is 2.94. The number of nitrogens with zero attached hydrogens (tertiary/aromatic N) is 1. The van der Waals surface area contributed by atoms with Crippen LogP contribution in [0.15, 0.2) is 0 Å². The molecule has 0 amide bonds. The van der Waals surface area contributed by atoms with Crippen molar-refractivity contribution in [2.75, 3.05) is 19.7 Å². The van der Waals surface area contributed by atoms with Crippen LogP contribution in [-0.2, 0) is 14.8 Å². The lowest BCUT2D eigenvalue weighted by molar-refractivity contribution is -0.131. The van der Waals surface area contributed by atoms with Crippen molar-refractivity contribution in [3.8, 4) is 0 Å². The van der Waals surface area contributed by atoms with E-state index < -0.39 is 27.0 Å². The molecule has 1 N–H and O–H groups in total. The van der Waals surface area contributed by atoms with E-state index in [1.165, 1.54) is 4.31 Å². The van der Waals surface area contributed by atoms with Gasteiger partial charge in [0.25, 0.3) is 0 Å². The molecule has 5 nitrogen and oxygen atoms in total. The highest BCUT2D eigenvalue weighted by Crippen LogP contribution is 2.24. The third-order valence-electron chi connectivity index (χ3n) is 2.61. The van der Waals surface area contributed by atoms with Crippen LogP contribution in [0, 0.1) is 0 Å². The van der Waals surface area contributed by atoms with E-state index in [-0.39, 0.29) is 13.2 Å². The Kier molecular flexibility index (Phi) is 3.99. The molecule has 1 unspecified atom stereocenters. The molecule has 96 valence electrons. The molecule has 6 heteroatoms. The molecular formula is C10H21NO4S. The molecule has 1 aliphatic rings. The monoisotopic (exact) mass is 251 g/mol. The molecule has 0 aromatic carbocycles. The van der Waals surface area contributed by atoms with Gasteiger partial charge in [-0.05, 0) is 27.7 Å². The first-order valence-corrected chi connectivity index (χ1v) is 6.97. The molecule has 1 fully saturated rings. The van der Waals surface area contributed by atoms with Gasteiger partial charge in [-0.1, -0.05) is 0 Å². The van der Waals surface area contributed by atoms with Gasteiger partial charge in [-0.2, -0.15) is 4.31 Å². The molecule has 1 aliphatic heterocycles. The summed E-state index contributed by atoms with van der Waals surface area (Å²) in [4.78, 5) is 0. The van der Waals surface area contributed by atoms with Gasteiger partial charge < -0.3 is 9.84 Å². The van der Waals surface area contributed by atoms with Gasteiger partial charge in [0.2, 0.25) is 10.0 Å². The average molecular weight is 251 g/mol. The number of hydrogen-bond acceptors (Lipinski definition) is 4. The standard InChI is InChI=1S/C10H21NO4S/c1-8(2)16(13,14)11-5-9(6-12)15-10(3,4)7-11/h8-9,12H,5-7H2,1-4H3. The maximum absolute atomic E-state index is 12.0. The fourth-order valence-corrected chi connectivity index (χ4v) is 3.29. The van der Waals surface area contributed by atoms with Crippen molar-refractivity contribution in [2.45, 2.75) is 44.6 Å². The molecule has 0 radical (unpaired) electrons. The van der Waals surface area contributed by atoms with Crippen LogP contribution in [0.1, 0.15) is 27.7 Å². The van der Waals surface area contributed by atoms with Crippen molar-refractivity contribution < 1.29 is 18.3 Å². The molecule has 0 spiro atoms. The Morgan fingerprint density at radius 1 is 1.50 bits per heavy atom. The second-order valence-electron chi connectivity index (χ2n) is 5.07. The molecule has 1 rings (SSSR count). The van der Waals surface area contributed by atoms with Gasteiger partial charge in [0.15, 0.2) is 0 Å². The summed E-state index contributed by atoms with van der Waals surface area (Å²) < 4.78 is 31.0. The number of morpholine rings is 1. The van der Waals surface area contributed by atoms with Gasteiger partial charge in [-0.25, -0.2) is 8.42 Å². The number of aliphatic hydroxyl groups is 1. The first-order valence-electron chi connectivity index (χ1n) is 5.46. The first-order chi connectivity index (χ1) is 7.19. The van der Waals surface area contributed by atoms with Gasteiger partial charge in [0, 0.05) is 13.1 Å². The van der Waals surface area contributed by atoms with Crippen molar-refractivity contribution in [1.82, 2.24) is 4.31 Å². The lowest BCUT2D eigenvalue weighted by Crippen LogP contribution is -2.56. The summed E-state index contributed by atoms with van der Waals surface area (Å²) in [6.45, 7) is 7.39. The van der Waals surface area contributed by atoms with Crippen molar-refractivity contribution >= 4 is 10.0 Å². The second kappa shape index (κ2) is 4.60. The summed E-state index contributed by atoms with van der Waals surface area (Å²) in [5, 5.41) is 8.66. The maximum Gasteiger partial charge on any atom is 0.216 e. The SMILES string of the molecule is CC(C)S(=O)(=O)N1CC(CO)OC(C)(C)C1. The van der Waals surface area contributed by atoms with Crippen LogP contribution in [-0.4, -0.2) is 54.5 Å². The van der Waals surface area contributed by atoms with E-state index in [4.69, 9.17) is 9.84 Å². The Hall–Kier alpha value is -0.170. The highest BCUT2D eigenvalue weighted by molar-refractivity contribution is 7.89. The minimum absolute atomic E-state index is 0.159. The van der Waals surface area contributed by atoms with Crippen LogP contribution in [0.2, 0.25) is 0 Å². The zero-order chi connectivity index (χ0) is 12.6. The molecule has 0 aromatic heterocycles. The number of sulfonamides is 1. The van der Waals surface area contributed by atoms with Crippen molar-refractivity contribution in [1.29, 1.82) is 0 Å². The van der Waals surface area contributed by atoms with E-state index in [1.54, 1.807) is 13.8 Å². The molecule has 0 bridgehead atoms.